The molecule has 0 fully saturated rings. The minimum atomic E-state index is -0.571. The molecule has 8 nitrogen and oxygen atoms in total. The van der Waals surface area contributed by atoms with Crippen molar-refractivity contribution in [3.8, 4) is 39.9 Å². The van der Waals surface area contributed by atoms with Crippen molar-refractivity contribution < 1.29 is 32.9 Å². The standard InChI is InChI=1S/C26H20O8/c1-14-18-7-6-17(33-25(27)16-5-9-20-23(11-16)32-13-31-20)12-21(18)34-26(28)24(14)15-4-8-19(29-2)22(10-15)30-3/h4-12H,13H2,1-3H3. The maximum Gasteiger partial charge on any atom is 0.344 e. The molecule has 3 aromatic carbocycles. The molecule has 0 bridgehead atoms. The first-order valence-electron chi connectivity index (χ1n) is 10.4. The summed E-state index contributed by atoms with van der Waals surface area (Å²) in [5.74, 6) is 1.80. The van der Waals surface area contributed by atoms with Gasteiger partial charge in [-0.25, -0.2) is 9.59 Å². The minimum Gasteiger partial charge on any atom is -0.493 e. The van der Waals surface area contributed by atoms with Crippen LogP contribution in [0, 0.1) is 6.92 Å². The molecule has 5 rings (SSSR count). The van der Waals surface area contributed by atoms with Gasteiger partial charge in [-0.05, 0) is 60.5 Å². The van der Waals surface area contributed by atoms with Gasteiger partial charge in [0.25, 0.3) is 0 Å². The summed E-state index contributed by atoms with van der Waals surface area (Å²) in [5.41, 5.74) is 1.89. The fraction of sp³-hybridized carbons (Fsp3) is 0.154. The summed E-state index contributed by atoms with van der Waals surface area (Å²) < 4.78 is 32.3. The monoisotopic (exact) mass is 460 g/mol. The van der Waals surface area contributed by atoms with E-state index in [4.69, 9.17) is 28.1 Å². The molecule has 1 aliphatic heterocycles. The van der Waals surface area contributed by atoms with Crippen molar-refractivity contribution >= 4 is 16.9 Å². The number of carbonyl (C=O) groups excluding carboxylic acids is 1. The van der Waals surface area contributed by atoms with Crippen LogP contribution in [0.25, 0.3) is 22.1 Å². The second-order valence-electron chi connectivity index (χ2n) is 7.57. The van der Waals surface area contributed by atoms with Gasteiger partial charge in [-0.3, -0.25) is 0 Å². The van der Waals surface area contributed by atoms with Gasteiger partial charge < -0.3 is 28.1 Å². The Labute approximate surface area is 194 Å². The van der Waals surface area contributed by atoms with Gasteiger partial charge in [0.2, 0.25) is 6.79 Å². The summed E-state index contributed by atoms with van der Waals surface area (Å²) in [4.78, 5) is 25.5. The molecule has 8 heteroatoms. The number of carbonyl (C=O) groups is 1. The molecular weight excluding hydrogens is 440 g/mol. The van der Waals surface area contributed by atoms with E-state index in [-0.39, 0.29) is 12.5 Å². The lowest BCUT2D eigenvalue weighted by Crippen LogP contribution is -2.09. The van der Waals surface area contributed by atoms with Gasteiger partial charge in [-0.15, -0.1) is 0 Å². The number of esters is 1. The van der Waals surface area contributed by atoms with Crippen LogP contribution in [-0.4, -0.2) is 27.0 Å². The summed E-state index contributed by atoms with van der Waals surface area (Å²) in [7, 11) is 3.08. The number of fused-ring (bicyclic) bond motifs is 2. The van der Waals surface area contributed by atoms with E-state index in [1.165, 1.54) is 13.2 Å². The zero-order chi connectivity index (χ0) is 23.8. The number of rotatable bonds is 5. The topological polar surface area (TPSA) is 93.4 Å². The summed E-state index contributed by atoms with van der Waals surface area (Å²) in [6, 6.07) is 15.0. The SMILES string of the molecule is COc1ccc(-c2c(C)c3ccc(OC(=O)c4ccc5c(c4)OCO5)cc3oc2=O)cc1OC. The Morgan fingerprint density at radius 1 is 0.882 bits per heavy atom. The van der Waals surface area contributed by atoms with Gasteiger partial charge >= 0.3 is 11.6 Å². The molecule has 0 saturated carbocycles. The van der Waals surface area contributed by atoms with E-state index < -0.39 is 11.6 Å². The highest BCUT2D eigenvalue weighted by Crippen LogP contribution is 2.35. The van der Waals surface area contributed by atoms with Gasteiger partial charge in [0.05, 0.1) is 25.3 Å². The van der Waals surface area contributed by atoms with Crippen molar-refractivity contribution in [3.63, 3.8) is 0 Å². The van der Waals surface area contributed by atoms with E-state index >= 15 is 0 Å². The Balaban J connectivity index is 1.48. The van der Waals surface area contributed by atoms with Crippen molar-refractivity contribution in [3.05, 3.63) is 76.1 Å². The molecule has 2 heterocycles. The fourth-order valence-electron chi connectivity index (χ4n) is 3.91. The molecule has 0 amide bonds. The molecule has 4 aromatic rings. The first-order chi connectivity index (χ1) is 16.5. The molecule has 0 atom stereocenters. The maximum atomic E-state index is 12.9. The van der Waals surface area contributed by atoms with Crippen LogP contribution in [0.1, 0.15) is 15.9 Å². The van der Waals surface area contributed by atoms with Crippen LogP contribution < -0.4 is 29.3 Å². The van der Waals surface area contributed by atoms with Crippen LogP contribution in [0.3, 0.4) is 0 Å². The fourth-order valence-corrected chi connectivity index (χ4v) is 3.91. The largest absolute Gasteiger partial charge is 0.493 e. The molecule has 0 radical (unpaired) electrons. The first kappa shape index (κ1) is 21.4. The Kier molecular flexibility index (Phi) is 5.33. The van der Waals surface area contributed by atoms with Crippen LogP contribution in [0.5, 0.6) is 28.7 Å². The Hall–Kier alpha value is -4.46. The van der Waals surface area contributed by atoms with E-state index in [0.29, 0.717) is 50.7 Å². The number of hydrogen-bond donors (Lipinski definition) is 0. The molecule has 1 aliphatic rings. The zero-order valence-corrected chi connectivity index (χ0v) is 18.7. The summed E-state index contributed by atoms with van der Waals surface area (Å²) in [6.45, 7) is 1.95. The average Bonchev–Trinajstić information content (AvgIpc) is 3.31. The highest BCUT2D eigenvalue weighted by Gasteiger charge is 2.19. The van der Waals surface area contributed by atoms with E-state index in [2.05, 4.69) is 0 Å². The molecule has 0 unspecified atom stereocenters. The highest BCUT2D eigenvalue weighted by atomic mass is 16.7. The van der Waals surface area contributed by atoms with Gasteiger partial charge in [0.15, 0.2) is 23.0 Å². The van der Waals surface area contributed by atoms with E-state index in [0.717, 1.165) is 5.56 Å². The third-order valence-electron chi connectivity index (χ3n) is 5.63. The van der Waals surface area contributed by atoms with Crippen LogP contribution in [0.15, 0.2) is 63.8 Å². The van der Waals surface area contributed by atoms with E-state index in [1.54, 1.807) is 55.6 Å². The summed E-state index contributed by atoms with van der Waals surface area (Å²) in [5, 5.41) is 0.715. The molecule has 172 valence electrons. The van der Waals surface area contributed by atoms with Crippen LogP contribution in [0.2, 0.25) is 0 Å². The zero-order valence-electron chi connectivity index (χ0n) is 18.7. The van der Waals surface area contributed by atoms with E-state index in [1.807, 2.05) is 6.92 Å². The Bertz CT molecular complexity index is 1480. The van der Waals surface area contributed by atoms with Gasteiger partial charge in [0.1, 0.15) is 11.3 Å². The van der Waals surface area contributed by atoms with Gasteiger partial charge in [0, 0.05) is 11.5 Å². The van der Waals surface area contributed by atoms with Gasteiger partial charge in [-0.2, -0.15) is 0 Å². The lowest BCUT2D eigenvalue weighted by Gasteiger charge is -2.12. The van der Waals surface area contributed by atoms with Gasteiger partial charge in [-0.1, -0.05) is 6.07 Å². The number of hydrogen-bond acceptors (Lipinski definition) is 8. The smallest absolute Gasteiger partial charge is 0.344 e. The van der Waals surface area contributed by atoms with Crippen molar-refractivity contribution in [2.45, 2.75) is 6.92 Å². The van der Waals surface area contributed by atoms with E-state index in [9.17, 15) is 9.59 Å². The molecule has 34 heavy (non-hydrogen) atoms. The lowest BCUT2D eigenvalue weighted by atomic mass is 9.99. The molecule has 0 aliphatic carbocycles. The van der Waals surface area contributed by atoms with Crippen molar-refractivity contribution in [1.29, 1.82) is 0 Å². The maximum absolute atomic E-state index is 12.9. The lowest BCUT2D eigenvalue weighted by molar-refractivity contribution is 0.0734. The summed E-state index contributed by atoms with van der Waals surface area (Å²) in [6.07, 6.45) is 0. The van der Waals surface area contributed by atoms with Crippen molar-refractivity contribution in [2.75, 3.05) is 21.0 Å². The first-order valence-corrected chi connectivity index (χ1v) is 10.4. The second kappa shape index (κ2) is 8.47. The summed E-state index contributed by atoms with van der Waals surface area (Å²) >= 11 is 0. The molecular formula is C26H20O8. The molecule has 0 spiro atoms. The third kappa shape index (κ3) is 3.69. The number of ether oxygens (including phenoxy) is 5. The quantitative estimate of drug-likeness (QED) is 0.240. The molecule has 1 aromatic heterocycles. The molecule has 0 saturated heterocycles. The highest BCUT2D eigenvalue weighted by molar-refractivity contribution is 5.93. The predicted octanol–water partition coefficient (Wildman–Crippen LogP) is 4.73. The van der Waals surface area contributed by atoms with Crippen molar-refractivity contribution in [2.24, 2.45) is 0 Å². The third-order valence-corrected chi connectivity index (χ3v) is 5.63. The van der Waals surface area contributed by atoms with Crippen LogP contribution in [-0.2, 0) is 0 Å². The van der Waals surface area contributed by atoms with Crippen LogP contribution >= 0.6 is 0 Å². The predicted molar refractivity (Wildman–Crippen MR) is 123 cm³/mol. The molecule has 0 N–H and O–H groups in total. The number of aryl methyl sites for hydroxylation is 1. The minimum absolute atomic E-state index is 0.113. The number of benzene rings is 3. The number of methoxy groups -OCH3 is 2. The average molecular weight is 460 g/mol. The second-order valence-corrected chi connectivity index (χ2v) is 7.57. The Morgan fingerprint density at radius 2 is 1.68 bits per heavy atom. The normalized spacial score (nSPS) is 12.0. The van der Waals surface area contributed by atoms with Crippen LogP contribution in [0.4, 0.5) is 0 Å². The Morgan fingerprint density at radius 3 is 2.47 bits per heavy atom. The van der Waals surface area contributed by atoms with Crippen molar-refractivity contribution in [1.82, 2.24) is 0 Å².